The molecule has 1 N–H and O–H groups in total. The number of hydrogen-bond acceptors (Lipinski definition) is 3. The first kappa shape index (κ1) is 16.2. The van der Waals surface area contributed by atoms with Crippen molar-refractivity contribution in [3.8, 4) is 0 Å². The van der Waals surface area contributed by atoms with E-state index in [9.17, 15) is 0 Å². The van der Waals surface area contributed by atoms with Gasteiger partial charge in [0.05, 0.1) is 6.61 Å². The molecular formula is C16H28N2O. The van der Waals surface area contributed by atoms with Gasteiger partial charge in [0, 0.05) is 20.2 Å². The van der Waals surface area contributed by atoms with Crippen molar-refractivity contribution in [3.05, 3.63) is 34.9 Å². The number of ether oxygens (including phenoxy) is 1. The summed E-state index contributed by atoms with van der Waals surface area (Å²) in [5.41, 5.74) is 4.07. The Balaban J connectivity index is 2.13. The molecule has 1 rings (SSSR count). The largest absolute Gasteiger partial charge is 0.383 e. The van der Waals surface area contributed by atoms with Crippen LogP contribution in [0.2, 0.25) is 0 Å². The van der Waals surface area contributed by atoms with Crippen LogP contribution >= 0.6 is 0 Å². The number of aryl methyl sites for hydroxylation is 2. The fraction of sp³-hybridized carbons (Fsp3) is 0.625. The van der Waals surface area contributed by atoms with Crippen molar-refractivity contribution in [3.63, 3.8) is 0 Å². The van der Waals surface area contributed by atoms with Gasteiger partial charge in [-0.15, -0.1) is 0 Å². The van der Waals surface area contributed by atoms with Crippen molar-refractivity contribution in [1.29, 1.82) is 0 Å². The van der Waals surface area contributed by atoms with Crippen molar-refractivity contribution in [2.75, 3.05) is 40.4 Å². The Morgan fingerprint density at radius 2 is 1.79 bits per heavy atom. The van der Waals surface area contributed by atoms with Gasteiger partial charge in [0.2, 0.25) is 0 Å². The Morgan fingerprint density at radius 1 is 1.11 bits per heavy atom. The van der Waals surface area contributed by atoms with Crippen molar-refractivity contribution >= 4 is 0 Å². The first-order chi connectivity index (χ1) is 9.11. The van der Waals surface area contributed by atoms with E-state index in [1.165, 1.54) is 23.1 Å². The number of rotatable bonds is 9. The summed E-state index contributed by atoms with van der Waals surface area (Å²) in [6.45, 7) is 9.26. The molecule has 0 aromatic heterocycles. The van der Waals surface area contributed by atoms with Crippen LogP contribution in [0.4, 0.5) is 0 Å². The van der Waals surface area contributed by atoms with Crippen LogP contribution in [-0.2, 0) is 11.3 Å². The van der Waals surface area contributed by atoms with E-state index in [0.29, 0.717) is 0 Å². The number of nitrogens with one attached hydrogen (secondary N) is 1. The lowest BCUT2D eigenvalue weighted by Crippen LogP contribution is -2.26. The Kier molecular flexibility index (Phi) is 7.72. The Bertz CT molecular complexity index is 346. The van der Waals surface area contributed by atoms with Crippen molar-refractivity contribution in [2.45, 2.75) is 26.8 Å². The second-order valence-electron chi connectivity index (χ2n) is 5.32. The Morgan fingerprint density at radius 3 is 2.42 bits per heavy atom. The topological polar surface area (TPSA) is 24.5 Å². The third-order valence-electron chi connectivity index (χ3n) is 3.18. The minimum absolute atomic E-state index is 0.812. The molecule has 0 aliphatic carbocycles. The van der Waals surface area contributed by atoms with E-state index in [4.69, 9.17) is 4.74 Å². The van der Waals surface area contributed by atoms with Gasteiger partial charge < -0.3 is 15.0 Å². The van der Waals surface area contributed by atoms with Gasteiger partial charge in [0.15, 0.2) is 0 Å². The van der Waals surface area contributed by atoms with Crippen LogP contribution in [0.1, 0.15) is 23.1 Å². The third kappa shape index (κ3) is 7.31. The lowest BCUT2D eigenvalue weighted by Gasteiger charge is -2.16. The van der Waals surface area contributed by atoms with E-state index < -0.39 is 0 Å². The average Bonchev–Trinajstić information content (AvgIpc) is 2.34. The van der Waals surface area contributed by atoms with E-state index >= 15 is 0 Å². The second kappa shape index (κ2) is 9.08. The summed E-state index contributed by atoms with van der Waals surface area (Å²) >= 11 is 0. The predicted molar refractivity (Wildman–Crippen MR) is 81.6 cm³/mol. The average molecular weight is 264 g/mol. The fourth-order valence-corrected chi connectivity index (χ4v) is 2.24. The number of benzene rings is 1. The van der Waals surface area contributed by atoms with Gasteiger partial charge in [-0.1, -0.05) is 29.3 Å². The van der Waals surface area contributed by atoms with Crippen LogP contribution in [0.15, 0.2) is 18.2 Å². The molecule has 0 radical (unpaired) electrons. The third-order valence-corrected chi connectivity index (χ3v) is 3.18. The summed E-state index contributed by atoms with van der Waals surface area (Å²) < 4.78 is 5.06. The van der Waals surface area contributed by atoms with Gasteiger partial charge in [-0.05, 0) is 46.0 Å². The molecule has 0 atom stereocenters. The first-order valence-electron chi connectivity index (χ1n) is 7.07. The number of hydrogen-bond donors (Lipinski definition) is 1. The van der Waals surface area contributed by atoms with E-state index in [1.807, 2.05) is 0 Å². The van der Waals surface area contributed by atoms with Gasteiger partial charge in [-0.2, -0.15) is 0 Å². The normalized spacial score (nSPS) is 11.2. The molecule has 0 unspecified atom stereocenters. The first-order valence-corrected chi connectivity index (χ1v) is 7.07. The quantitative estimate of drug-likeness (QED) is 0.693. The monoisotopic (exact) mass is 264 g/mol. The highest BCUT2D eigenvalue weighted by atomic mass is 16.5. The van der Waals surface area contributed by atoms with Gasteiger partial charge in [0.25, 0.3) is 0 Å². The number of nitrogens with zero attached hydrogens (tertiary/aromatic N) is 1. The highest BCUT2D eigenvalue weighted by molar-refractivity contribution is 5.28. The van der Waals surface area contributed by atoms with Crippen molar-refractivity contribution in [1.82, 2.24) is 10.2 Å². The summed E-state index contributed by atoms with van der Waals surface area (Å²) in [7, 11) is 3.89. The molecule has 0 aliphatic rings. The van der Waals surface area contributed by atoms with Gasteiger partial charge >= 0.3 is 0 Å². The molecule has 1 aromatic rings. The van der Waals surface area contributed by atoms with E-state index in [2.05, 4.69) is 49.3 Å². The van der Waals surface area contributed by atoms with Crippen LogP contribution in [-0.4, -0.2) is 45.3 Å². The molecular weight excluding hydrogens is 236 g/mol. The summed E-state index contributed by atoms with van der Waals surface area (Å²) in [4.78, 5) is 2.31. The molecule has 0 heterocycles. The number of methoxy groups -OCH3 is 1. The molecule has 19 heavy (non-hydrogen) atoms. The fourth-order valence-electron chi connectivity index (χ4n) is 2.24. The lowest BCUT2D eigenvalue weighted by atomic mass is 10.1. The highest BCUT2D eigenvalue weighted by Crippen LogP contribution is 2.08. The van der Waals surface area contributed by atoms with Crippen molar-refractivity contribution in [2.24, 2.45) is 0 Å². The van der Waals surface area contributed by atoms with E-state index in [0.717, 1.165) is 32.8 Å². The molecule has 108 valence electrons. The highest BCUT2D eigenvalue weighted by Gasteiger charge is 1.98. The summed E-state index contributed by atoms with van der Waals surface area (Å²) in [6.07, 6.45) is 1.17. The minimum Gasteiger partial charge on any atom is -0.383 e. The van der Waals surface area contributed by atoms with Crippen molar-refractivity contribution < 1.29 is 4.74 Å². The number of likely N-dealkylation sites (N-methyl/N-ethyl adjacent to an activating group) is 1. The molecule has 0 fully saturated rings. The van der Waals surface area contributed by atoms with Crippen LogP contribution < -0.4 is 5.32 Å². The van der Waals surface area contributed by atoms with Crippen LogP contribution in [0.3, 0.4) is 0 Å². The SMILES string of the molecule is COCCN(C)CCCNCc1cc(C)cc(C)c1. The summed E-state index contributed by atoms with van der Waals surface area (Å²) in [5.74, 6) is 0. The summed E-state index contributed by atoms with van der Waals surface area (Å²) in [5, 5.41) is 3.51. The Hall–Kier alpha value is -0.900. The molecule has 0 amide bonds. The maximum absolute atomic E-state index is 5.06. The molecule has 0 spiro atoms. The molecule has 0 bridgehead atoms. The summed E-state index contributed by atoms with van der Waals surface area (Å²) in [6, 6.07) is 6.73. The molecule has 3 nitrogen and oxygen atoms in total. The van der Waals surface area contributed by atoms with Gasteiger partial charge in [-0.3, -0.25) is 0 Å². The Labute approximate surface area is 118 Å². The van der Waals surface area contributed by atoms with E-state index in [-0.39, 0.29) is 0 Å². The minimum atomic E-state index is 0.812. The van der Waals surface area contributed by atoms with Gasteiger partial charge in [-0.25, -0.2) is 0 Å². The van der Waals surface area contributed by atoms with Crippen LogP contribution in [0.5, 0.6) is 0 Å². The maximum Gasteiger partial charge on any atom is 0.0589 e. The van der Waals surface area contributed by atoms with Crippen LogP contribution in [0, 0.1) is 13.8 Å². The maximum atomic E-state index is 5.06. The van der Waals surface area contributed by atoms with Gasteiger partial charge in [0.1, 0.15) is 0 Å². The predicted octanol–water partition coefficient (Wildman–Crippen LogP) is 2.36. The second-order valence-corrected chi connectivity index (χ2v) is 5.32. The zero-order chi connectivity index (χ0) is 14.1. The van der Waals surface area contributed by atoms with Crippen LogP contribution in [0.25, 0.3) is 0 Å². The molecule has 0 aliphatic heterocycles. The molecule has 1 aromatic carbocycles. The van der Waals surface area contributed by atoms with E-state index in [1.54, 1.807) is 7.11 Å². The smallest absolute Gasteiger partial charge is 0.0589 e. The zero-order valence-electron chi connectivity index (χ0n) is 12.8. The molecule has 3 heteroatoms. The standard InChI is InChI=1S/C16H28N2O/c1-14-10-15(2)12-16(11-14)13-17-6-5-7-18(3)8-9-19-4/h10-12,17H,5-9,13H2,1-4H3. The zero-order valence-corrected chi connectivity index (χ0v) is 12.8. The molecule has 0 saturated carbocycles. The molecule has 0 saturated heterocycles. The lowest BCUT2D eigenvalue weighted by molar-refractivity contribution is 0.160.